The summed E-state index contributed by atoms with van der Waals surface area (Å²) in [6.07, 6.45) is 2.74. The van der Waals surface area contributed by atoms with Crippen LogP contribution in [0, 0.1) is 6.92 Å². The first-order valence-electron chi connectivity index (χ1n) is 7.73. The number of hydrogen-bond acceptors (Lipinski definition) is 6. The molecule has 2 fully saturated rings. The minimum Gasteiger partial charge on any atom is -0.447 e. The van der Waals surface area contributed by atoms with E-state index in [4.69, 9.17) is 9.15 Å². The molecule has 0 N–H and O–H groups in total. The summed E-state index contributed by atoms with van der Waals surface area (Å²) in [6.45, 7) is 3.58. The van der Waals surface area contributed by atoms with Crippen molar-refractivity contribution in [3.63, 3.8) is 0 Å². The van der Waals surface area contributed by atoms with E-state index in [2.05, 4.69) is 9.97 Å². The quantitative estimate of drug-likeness (QED) is 0.826. The van der Waals surface area contributed by atoms with Crippen LogP contribution in [-0.4, -0.2) is 64.1 Å². The number of cyclic esters (lactones) is 1. The van der Waals surface area contributed by atoms with Crippen LogP contribution in [0.1, 0.15) is 16.2 Å². The highest BCUT2D eigenvalue weighted by Gasteiger charge is 2.39. The number of piperazine rings is 1. The molecule has 1 atom stereocenters. The highest BCUT2D eigenvalue weighted by atomic mass is 16.6. The SMILES string of the molecule is Cc1cc(-c2nc(C(=O)N3CCN4C(=O)OCC4C3)co2)ccn1. The fourth-order valence-corrected chi connectivity index (χ4v) is 3.02. The average molecular weight is 328 g/mol. The molecule has 0 spiro atoms. The molecule has 2 amide bonds. The van der Waals surface area contributed by atoms with Gasteiger partial charge in [0.25, 0.3) is 5.91 Å². The first-order valence-corrected chi connectivity index (χ1v) is 7.73. The second kappa shape index (κ2) is 5.63. The van der Waals surface area contributed by atoms with Crippen LogP contribution in [0.4, 0.5) is 4.79 Å². The monoisotopic (exact) mass is 328 g/mol. The van der Waals surface area contributed by atoms with E-state index in [0.29, 0.717) is 32.1 Å². The Morgan fingerprint density at radius 2 is 2.25 bits per heavy atom. The molecule has 0 saturated carbocycles. The summed E-state index contributed by atoms with van der Waals surface area (Å²) in [4.78, 5) is 35.9. The van der Waals surface area contributed by atoms with E-state index >= 15 is 0 Å². The number of carbonyl (C=O) groups is 2. The van der Waals surface area contributed by atoms with E-state index in [1.54, 1.807) is 22.1 Å². The maximum Gasteiger partial charge on any atom is 0.410 e. The smallest absolute Gasteiger partial charge is 0.410 e. The molecule has 8 heteroatoms. The van der Waals surface area contributed by atoms with Gasteiger partial charge in [0.1, 0.15) is 12.9 Å². The lowest BCUT2D eigenvalue weighted by Crippen LogP contribution is -2.53. The Kier molecular flexibility index (Phi) is 3.44. The minimum absolute atomic E-state index is 0.0792. The van der Waals surface area contributed by atoms with Crippen molar-refractivity contribution in [3.05, 3.63) is 36.0 Å². The molecule has 2 aromatic heterocycles. The van der Waals surface area contributed by atoms with Gasteiger partial charge in [-0.05, 0) is 19.1 Å². The first kappa shape index (κ1) is 14.7. The van der Waals surface area contributed by atoms with Crippen molar-refractivity contribution >= 4 is 12.0 Å². The molecule has 124 valence electrons. The number of rotatable bonds is 2. The Labute approximate surface area is 138 Å². The zero-order valence-electron chi connectivity index (χ0n) is 13.1. The summed E-state index contributed by atoms with van der Waals surface area (Å²) in [7, 11) is 0. The number of amides is 2. The molecular formula is C16H16N4O4. The molecular weight excluding hydrogens is 312 g/mol. The van der Waals surface area contributed by atoms with E-state index < -0.39 is 0 Å². The summed E-state index contributed by atoms with van der Waals surface area (Å²) in [5, 5.41) is 0. The van der Waals surface area contributed by atoms with Crippen LogP contribution in [0.15, 0.2) is 29.0 Å². The number of carbonyl (C=O) groups excluding carboxylic acids is 2. The van der Waals surface area contributed by atoms with E-state index in [9.17, 15) is 9.59 Å². The standard InChI is InChI=1S/C16H16N4O4/c1-10-6-11(2-3-17-10)14-18-13(9-23-14)15(21)19-4-5-20-12(7-19)8-24-16(20)22/h2-3,6,9,12H,4-5,7-8H2,1H3. The van der Waals surface area contributed by atoms with Crippen LogP contribution in [0.25, 0.3) is 11.5 Å². The largest absolute Gasteiger partial charge is 0.447 e. The van der Waals surface area contributed by atoms with Crippen LogP contribution in [-0.2, 0) is 4.74 Å². The molecule has 0 aromatic carbocycles. The third-order valence-electron chi connectivity index (χ3n) is 4.27. The number of hydrogen-bond donors (Lipinski definition) is 0. The molecule has 0 radical (unpaired) electrons. The van der Waals surface area contributed by atoms with Crippen LogP contribution >= 0.6 is 0 Å². The molecule has 2 aliphatic heterocycles. The van der Waals surface area contributed by atoms with Crippen LogP contribution < -0.4 is 0 Å². The number of fused-ring (bicyclic) bond motifs is 1. The molecule has 4 heterocycles. The maximum atomic E-state index is 12.6. The molecule has 1 unspecified atom stereocenters. The second-order valence-corrected chi connectivity index (χ2v) is 5.90. The summed E-state index contributed by atoms with van der Waals surface area (Å²) < 4.78 is 10.5. The fraction of sp³-hybridized carbons (Fsp3) is 0.375. The van der Waals surface area contributed by atoms with Crippen LogP contribution in [0.2, 0.25) is 0 Å². The van der Waals surface area contributed by atoms with Crippen molar-refractivity contribution in [2.75, 3.05) is 26.2 Å². The zero-order chi connectivity index (χ0) is 16.7. The van der Waals surface area contributed by atoms with E-state index in [1.165, 1.54) is 6.26 Å². The molecule has 0 aliphatic carbocycles. The van der Waals surface area contributed by atoms with Gasteiger partial charge in [-0.15, -0.1) is 0 Å². The Bertz CT molecular complexity index is 803. The highest BCUT2D eigenvalue weighted by Crippen LogP contribution is 2.22. The molecule has 0 bridgehead atoms. The minimum atomic E-state index is -0.302. The van der Waals surface area contributed by atoms with Gasteiger partial charge >= 0.3 is 6.09 Å². The number of aryl methyl sites for hydroxylation is 1. The Hall–Kier alpha value is -2.90. The van der Waals surface area contributed by atoms with Gasteiger partial charge in [-0.3, -0.25) is 14.7 Å². The summed E-state index contributed by atoms with van der Waals surface area (Å²) in [5.41, 5.74) is 1.89. The van der Waals surface area contributed by atoms with Gasteiger partial charge in [0, 0.05) is 37.1 Å². The van der Waals surface area contributed by atoms with Crippen LogP contribution in [0.3, 0.4) is 0 Å². The van der Waals surface area contributed by atoms with Crippen molar-refractivity contribution in [1.82, 2.24) is 19.8 Å². The Morgan fingerprint density at radius 1 is 1.38 bits per heavy atom. The van der Waals surface area contributed by atoms with Gasteiger partial charge in [0.05, 0.1) is 6.04 Å². The topological polar surface area (TPSA) is 88.8 Å². The van der Waals surface area contributed by atoms with Gasteiger partial charge in [-0.1, -0.05) is 0 Å². The Balaban J connectivity index is 1.50. The lowest BCUT2D eigenvalue weighted by atomic mass is 10.2. The van der Waals surface area contributed by atoms with Crippen molar-refractivity contribution in [2.24, 2.45) is 0 Å². The van der Waals surface area contributed by atoms with Gasteiger partial charge in [0.2, 0.25) is 5.89 Å². The maximum absolute atomic E-state index is 12.6. The predicted molar refractivity (Wildman–Crippen MR) is 82.2 cm³/mol. The summed E-state index contributed by atoms with van der Waals surface area (Å²) >= 11 is 0. The number of pyridine rings is 1. The van der Waals surface area contributed by atoms with Crippen molar-refractivity contribution in [2.45, 2.75) is 13.0 Å². The number of ether oxygens (including phenoxy) is 1. The third kappa shape index (κ3) is 2.49. The average Bonchev–Trinajstić information content (AvgIpc) is 3.21. The molecule has 2 aromatic rings. The van der Waals surface area contributed by atoms with Gasteiger partial charge in [-0.25, -0.2) is 9.78 Å². The van der Waals surface area contributed by atoms with Crippen molar-refractivity contribution in [1.29, 1.82) is 0 Å². The summed E-state index contributed by atoms with van der Waals surface area (Å²) in [5.74, 6) is 0.191. The highest BCUT2D eigenvalue weighted by molar-refractivity contribution is 5.92. The number of nitrogens with zero attached hydrogens (tertiary/aromatic N) is 4. The number of aromatic nitrogens is 2. The normalized spacial score (nSPS) is 20.0. The molecule has 8 nitrogen and oxygen atoms in total. The first-order chi connectivity index (χ1) is 11.6. The predicted octanol–water partition coefficient (Wildman–Crippen LogP) is 1.32. The fourth-order valence-electron chi connectivity index (χ4n) is 3.02. The van der Waals surface area contributed by atoms with Crippen LogP contribution in [0.5, 0.6) is 0 Å². The lowest BCUT2D eigenvalue weighted by molar-refractivity contribution is 0.0611. The third-order valence-corrected chi connectivity index (χ3v) is 4.27. The lowest BCUT2D eigenvalue weighted by Gasteiger charge is -2.34. The van der Waals surface area contributed by atoms with Crippen molar-refractivity contribution in [3.8, 4) is 11.5 Å². The summed E-state index contributed by atoms with van der Waals surface area (Å²) in [6, 6.07) is 3.55. The molecule has 2 saturated heterocycles. The van der Waals surface area contributed by atoms with Gasteiger partial charge in [-0.2, -0.15) is 0 Å². The van der Waals surface area contributed by atoms with Crippen molar-refractivity contribution < 1.29 is 18.7 Å². The van der Waals surface area contributed by atoms with E-state index in [-0.39, 0.29) is 23.7 Å². The molecule has 4 rings (SSSR count). The van der Waals surface area contributed by atoms with E-state index in [1.807, 2.05) is 13.0 Å². The second-order valence-electron chi connectivity index (χ2n) is 5.90. The molecule has 2 aliphatic rings. The molecule has 24 heavy (non-hydrogen) atoms. The van der Waals surface area contributed by atoms with Gasteiger partial charge < -0.3 is 14.1 Å². The van der Waals surface area contributed by atoms with Gasteiger partial charge in [0.15, 0.2) is 5.69 Å². The number of oxazole rings is 1. The zero-order valence-corrected chi connectivity index (χ0v) is 13.1. The Morgan fingerprint density at radius 3 is 3.08 bits per heavy atom. The van der Waals surface area contributed by atoms with E-state index in [0.717, 1.165) is 11.3 Å².